The molecule has 0 saturated heterocycles. The molecule has 2 atom stereocenters. The van der Waals surface area contributed by atoms with Crippen molar-refractivity contribution >= 4 is 23.1 Å². The standard InChI is InChI=1S/C11H18N2S2/c1-2-14-10-4-3-9(5-10)13-7-11-6-12-8-15-11/h6,8-10,13H,2-5,7H2,1H3. The summed E-state index contributed by atoms with van der Waals surface area (Å²) in [6.45, 7) is 3.25. The molecule has 0 radical (unpaired) electrons. The predicted molar refractivity (Wildman–Crippen MR) is 68.5 cm³/mol. The van der Waals surface area contributed by atoms with Crippen molar-refractivity contribution in [2.75, 3.05) is 5.75 Å². The Morgan fingerprint density at radius 1 is 1.60 bits per heavy atom. The van der Waals surface area contributed by atoms with Gasteiger partial charge in [0.2, 0.25) is 0 Å². The van der Waals surface area contributed by atoms with Gasteiger partial charge in [0.05, 0.1) is 5.51 Å². The second-order valence-corrected chi connectivity index (χ2v) is 6.48. The van der Waals surface area contributed by atoms with Gasteiger partial charge in [-0.3, -0.25) is 4.98 Å². The van der Waals surface area contributed by atoms with Crippen molar-refractivity contribution in [3.8, 4) is 0 Å². The summed E-state index contributed by atoms with van der Waals surface area (Å²) in [5.41, 5.74) is 1.90. The summed E-state index contributed by atoms with van der Waals surface area (Å²) in [5, 5.41) is 4.53. The predicted octanol–water partition coefficient (Wildman–Crippen LogP) is 2.91. The molecule has 1 heterocycles. The number of nitrogens with one attached hydrogen (secondary N) is 1. The van der Waals surface area contributed by atoms with Crippen LogP contribution in [0.25, 0.3) is 0 Å². The minimum absolute atomic E-state index is 0.733. The first-order chi connectivity index (χ1) is 7.38. The molecule has 2 nitrogen and oxygen atoms in total. The van der Waals surface area contributed by atoms with E-state index in [1.165, 1.54) is 29.9 Å². The molecular formula is C11H18N2S2. The third-order valence-corrected chi connectivity index (χ3v) is 4.85. The fourth-order valence-corrected chi connectivity index (χ4v) is 3.77. The van der Waals surface area contributed by atoms with Crippen molar-refractivity contribution in [2.24, 2.45) is 0 Å². The third-order valence-electron chi connectivity index (χ3n) is 2.84. The SMILES string of the molecule is CCSC1CCC(NCc2cncs2)C1. The van der Waals surface area contributed by atoms with E-state index in [0.29, 0.717) is 0 Å². The van der Waals surface area contributed by atoms with E-state index >= 15 is 0 Å². The number of thiazole rings is 1. The summed E-state index contributed by atoms with van der Waals surface area (Å²) in [5.74, 6) is 1.26. The lowest BCUT2D eigenvalue weighted by atomic mass is 10.2. The number of thioether (sulfide) groups is 1. The van der Waals surface area contributed by atoms with E-state index in [0.717, 1.165) is 17.8 Å². The average molecular weight is 242 g/mol. The molecule has 1 aromatic heterocycles. The third kappa shape index (κ3) is 3.47. The Kier molecular flexibility index (Phi) is 4.47. The van der Waals surface area contributed by atoms with Crippen molar-refractivity contribution in [3.63, 3.8) is 0 Å². The largest absolute Gasteiger partial charge is 0.309 e. The fourth-order valence-electron chi connectivity index (χ4n) is 2.09. The molecule has 84 valence electrons. The highest BCUT2D eigenvalue weighted by Gasteiger charge is 2.23. The highest BCUT2D eigenvalue weighted by molar-refractivity contribution is 7.99. The van der Waals surface area contributed by atoms with Gasteiger partial charge >= 0.3 is 0 Å². The van der Waals surface area contributed by atoms with E-state index < -0.39 is 0 Å². The van der Waals surface area contributed by atoms with Crippen LogP contribution in [0.2, 0.25) is 0 Å². The van der Waals surface area contributed by atoms with Gasteiger partial charge in [-0.05, 0) is 25.0 Å². The van der Waals surface area contributed by atoms with Crippen LogP contribution in [0.1, 0.15) is 31.1 Å². The molecule has 1 aliphatic carbocycles. The number of hydrogen-bond donors (Lipinski definition) is 1. The van der Waals surface area contributed by atoms with Gasteiger partial charge in [-0.25, -0.2) is 0 Å². The lowest BCUT2D eigenvalue weighted by Gasteiger charge is -2.11. The van der Waals surface area contributed by atoms with Gasteiger partial charge < -0.3 is 5.32 Å². The molecule has 2 rings (SSSR count). The Morgan fingerprint density at radius 3 is 3.27 bits per heavy atom. The first kappa shape index (κ1) is 11.4. The Hall–Kier alpha value is -0.0600. The second-order valence-electron chi connectivity index (χ2n) is 3.94. The van der Waals surface area contributed by atoms with Gasteiger partial charge in [-0.15, -0.1) is 11.3 Å². The summed E-state index contributed by atoms with van der Waals surface area (Å²) < 4.78 is 0. The number of aromatic nitrogens is 1. The van der Waals surface area contributed by atoms with Gasteiger partial charge in [-0.1, -0.05) is 6.92 Å². The minimum Gasteiger partial charge on any atom is -0.309 e. The average Bonchev–Trinajstić information content (AvgIpc) is 2.85. The molecule has 0 aromatic carbocycles. The normalized spacial score (nSPS) is 25.9. The molecule has 0 aliphatic heterocycles. The highest BCUT2D eigenvalue weighted by atomic mass is 32.2. The Morgan fingerprint density at radius 2 is 2.53 bits per heavy atom. The van der Waals surface area contributed by atoms with E-state index in [4.69, 9.17) is 0 Å². The first-order valence-corrected chi connectivity index (χ1v) is 7.53. The molecule has 0 bridgehead atoms. The van der Waals surface area contributed by atoms with Gasteiger partial charge in [-0.2, -0.15) is 11.8 Å². The van der Waals surface area contributed by atoms with E-state index in [9.17, 15) is 0 Å². The summed E-state index contributed by atoms with van der Waals surface area (Å²) in [7, 11) is 0. The Bertz CT molecular complexity index is 274. The topological polar surface area (TPSA) is 24.9 Å². The maximum Gasteiger partial charge on any atom is 0.0794 e. The molecule has 1 fully saturated rings. The fraction of sp³-hybridized carbons (Fsp3) is 0.727. The first-order valence-electron chi connectivity index (χ1n) is 5.61. The van der Waals surface area contributed by atoms with E-state index in [-0.39, 0.29) is 0 Å². The monoisotopic (exact) mass is 242 g/mol. The Balaban J connectivity index is 1.69. The molecule has 1 N–H and O–H groups in total. The van der Waals surface area contributed by atoms with Crippen LogP contribution in [0.5, 0.6) is 0 Å². The molecule has 1 aliphatic rings. The van der Waals surface area contributed by atoms with Crippen LogP contribution in [0.4, 0.5) is 0 Å². The highest BCUT2D eigenvalue weighted by Crippen LogP contribution is 2.29. The van der Waals surface area contributed by atoms with Crippen molar-refractivity contribution in [2.45, 2.75) is 44.0 Å². The van der Waals surface area contributed by atoms with Crippen LogP contribution in [0, 0.1) is 0 Å². The number of hydrogen-bond acceptors (Lipinski definition) is 4. The second kappa shape index (κ2) is 5.87. The molecule has 4 heteroatoms. The van der Waals surface area contributed by atoms with E-state index in [1.54, 1.807) is 11.3 Å². The molecule has 0 amide bonds. The zero-order chi connectivity index (χ0) is 10.5. The minimum atomic E-state index is 0.733. The van der Waals surface area contributed by atoms with Gasteiger partial charge in [0.25, 0.3) is 0 Å². The van der Waals surface area contributed by atoms with Crippen LogP contribution >= 0.6 is 23.1 Å². The zero-order valence-corrected chi connectivity index (χ0v) is 10.7. The summed E-state index contributed by atoms with van der Waals surface area (Å²) in [6, 6.07) is 0.733. The summed E-state index contributed by atoms with van der Waals surface area (Å²) in [4.78, 5) is 5.43. The number of rotatable bonds is 5. The maximum atomic E-state index is 4.09. The van der Waals surface area contributed by atoms with Crippen molar-refractivity contribution in [1.82, 2.24) is 10.3 Å². The molecule has 2 unspecified atom stereocenters. The number of nitrogens with zero attached hydrogens (tertiary/aromatic N) is 1. The Labute approximate surface area is 99.9 Å². The van der Waals surface area contributed by atoms with Crippen molar-refractivity contribution in [3.05, 3.63) is 16.6 Å². The molecule has 1 aromatic rings. The quantitative estimate of drug-likeness (QED) is 0.859. The molecular weight excluding hydrogens is 224 g/mol. The molecule has 0 spiro atoms. The van der Waals surface area contributed by atoms with Gasteiger partial charge in [0.1, 0.15) is 0 Å². The smallest absolute Gasteiger partial charge is 0.0794 e. The van der Waals surface area contributed by atoms with Crippen LogP contribution in [-0.4, -0.2) is 22.0 Å². The van der Waals surface area contributed by atoms with Gasteiger partial charge in [0, 0.05) is 28.9 Å². The summed E-state index contributed by atoms with van der Waals surface area (Å²) >= 11 is 3.85. The van der Waals surface area contributed by atoms with Crippen LogP contribution < -0.4 is 5.32 Å². The van der Waals surface area contributed by atoms with Crippen molar-refractivity contribution in [1.29, 1.82) is 0 Å². The maximum absolute atomic E-state index is 4.09. The zero-order valence-electron chi connectivity index (χ0n) is 9.11. The molecule has 15 heavy (non-hydrogen) atoms. The van der Waals surface area contributed by atoms with Crippen LogP contribution in [0.3, 0.4) is 0 Å². The van der Waals surface area contributed by atoms with E-state index in [1.807, 2.05) is 11.7 Å². The molecule has 1 saturated carbocycles. The lowest BCUT2D eigenvalue weighted by Crippen LogP contribution is -2.25. The van der Waals surface area contributed by atoms with Gasteiger partial charge in [0.15, 0.2) is 0 Å². The van der Waals surface area contributed by atoms with Crippen LogP contribution in [0.15, 0.2) is 11.7 Å². The van der Waals surface area contributed by atoms with Crippen molar-refractivity contribution < 1.29 is 0 Å². The lowest BCUT2D eigenvalue weighted by molar-refractivity contribution is 0.528. The summed E-state index contributed by atoms with van der Waals surface area (Å²) in [6.07, 6.45) is 6.04. The van der Waals surface area contributed by atoms with Crippen LogP contribution in [-0.2, 0) is 6.54 Å². The van der Waals surface area contributed by atoms with E-state index in [2.05, 4.69) is 29.0 Å².